The third-order valence-electron chi connectivity index (χ3n) is 2.93. The van der Waals surface area contributed by atoms with Crippen LogP contribution >= 0.6 is 22.7 Å². The Morgan fingerprint density at radius 2 is 1.90 bits per heavy atom. The normalized spacial score (nSPS) is 11.6. The quantitative estimate of drug-likeness (QED) is 0.704. The summed E-state index contributed by atoms with van der Waals surface area (Å²) in [5.41, 5.74) is 2.61. The molecule has 2 aromatic heterocycles. The number of thiophene rings is 1. The van der Waals surface area contributed by atoms with Crippen molar-refractivity contribution in [2.24, 2.45) is 0 Å². The maximum Gasteiger partial charge on any atom is 1.00 e. The van der Waals surface area contributed by atoms with Crippen LogP contribution in [0.25, 0.3) is 0 Å². The Morgan fingerprint density at radius 1 is 1.29 bits per heavy atom. The van der Waals surface area contributed by atoms with Crippen LogP contribution < -0.4 is 40.0 Å². The molecule has 106 valence electrons. The standard InChI is InChI=1S/C13H14N2O3S2.Na/c1-6(9-4-19-5-14-9)15-12(16)10-7(2)20-8(3)11(10)13(17)18;/h4-6H,1-3H3,(H,15,16)(H,17,18);/q;+1/p-1. The molecule has 1 amide bonds. The zero-order valence-electron chi connectivity index (χ0n) is 12.2. The molecular weight excluding hydrogens is 319 g/mol. The molecule has 0 radical (unpaired) electrons. The van der Waals surface area contributed by atoms with Crippen LogP contribution in [-0.2, 0) is 0 Å². The van der Waals surface area contributed by atoms with Crippen LogP contribution in [0.1, 0.15) is 49.1 Å². The van der Waals surface area contributed by atoms with E-state index in [0.29, 0.717) is 9.75 Å². The summed E-state index contributed by atoms with van der Waals surface area (Å²) in [4.78, 5) is 28.8. The number of aromatic nitrogens is 1. The van der Waals surface area contributed by atoms with E-state index in [0.717, 1.165) is 5.69 Å². The average molecular weight is 332 g/mol. The zero-order valence-corrected chi connectivity index (χ0v) is 15.9. The maximum atomic E-state index is 12.3. The second-order valence-corrected chi connectivity index (χ2v) is 6.51. The Kier molecular flexibility index (Phi) is 6.55. The van der Waals surface area contributed by atoms with Gasteiger partial charge in [0.1, 0.15) is 0 Å². The molecule has 5 nitrogen and oxygen atoms in total. The third kappa shape index (κ3) is 3.92. The fraction of sp³-hybridized carbons (Fsp3) is 0.308. The van der Waals surface area contributed by atoms with Crippen molar-refractivity contribution >= 4 is 34.6 Å². The molecule has 0 saturated carbocycles. The van der Waals surface area contributed by atoms with Gasteiger partial charge in [0.25, 0.3) is 5.91 Å². The first-order valence-electron chi connectivity index (χ1n) is 5.92. The molecule has 0 aliphatic heterocycles. The van der Waals surface area contributed by atoms with Gasteiger partial charge >= 0.3 is 29.6 Å². The summed E-state index contributed by atoms with van der Waals surface area (Å²) in [6.07, 6.45) is 0. The van der Waals surface area contributed by atoms with Crippen LogP contribution in [0.15, 0.2) is 10.9 Å². The number of carboxylic acids is 1. The Labute approximate surface area is 152 Å². The predicted molar refractivity (Wildman–Crippen MR) is 76.1 cm³/mol. The molecule has 0 aliphatic rings. The largest absolute Gasteiger partial charge is 1.00 e. The second kappa shape index (κ2) is 7.51. The first kappa shape index (κ1) is 18.3. The molecule has 1 unspecified atom stereocenters. The van der Waals surface area contributed by atoms with Crippen molar-refractivity contribution in [3.8, 4) is 0 Å². The minimum atomic E-state index is -1.32. The molecule has 1 atom stereocenters. The second-order valence-electron chi connectivity index (χ2n) is 4.36. The molecule has 1 N–H and O–H groups in total. The molecular formula is C13H13N2NaO3S2. The summed E-state index contributed by atoms with van der Waals surface area (Å²) in [5, 5.41) is 15.8. The van der Waals surface area contributed by atoms with Crippen LogP contribution in [0.4, 0.5) is 0 Å². The van der Waals surface area contributed by atoms with Crippen LogP contribution in [-0.4, -0.2) is 16.9 Å². The summed E-state index contributed by atoms with van der Waals surface area (Å²) in [6.45, 7) is 5.20. The number of thiazole rings is 1. The van der Waals surface area contributed by atoms with Crippen LogP contribution in [0.2, 0.25) is 0 Å². The van der Waals surface area contributed by atoms with Gasteiger partial charge in [-0.3, -0.25) is 4.79 Å². The smallest absolute Gasteiger partial charge is 0.545 e. The average Bonchev–Trinajstić information content (AvgIpc) is 2.96. The molecule has 2 aromatic rings. The summed E-state index contributed by atoms with van der Waals surface area (Å²) in [6, 6.07) is -0.275. The molecule has 2 rings (SSSR count). The third-order valence-corrected chi connectivity index (χ3v) is 4.56. The van der Waals surface area contributed by atoms with E-state index in [1.54, 1.807) is 26.3 Å². The van der Waals surface area contributed by atoms with Crippen molar-refractivity contribution in [2.75, 3.05) is 0 Å². The molecule has 0 spiro atoms. The van der Waals surface area contributed by atoms with E-state index in [2.05, 4.69) is 10.3 Å². The molecule has 0 aliphatic carbocycles. The van der Waals surface area contributed by atoms with E-state index in [9.17, 15) is 14.7 Å². The maximum absolute atomic E-state index is 12.3. The minimum Gasteiger partial charge on any atom is -0.545 e. The number of nitrogens with zero attached hydrogens (tertiary/aromatic N) is 1. The fourth-order valence-corrected chi connectivity index (χ4v) is 3.67. The number of nitrogens with one attached hydrogen (secondary N) is 1. The number of carbonyl (C=O) groups is 2. The van der Waals surface area contributed by atoms with Crippen molar-refractivity contribution in [3.05, 3.63) is 37.5 Å². The van der Waals surface area contributed by atoms with Crippen molar-refractivity contribution in [3.63, 3.8) is 0 Å². The van der Waals surface area contributed by atoms with Crippen LogP contribution in [0, 0.1) is 13.8 Å². The van der Waals surface area contributed by atoms with Gasteiger partial charge in [0.2, 0.25) is 0 Å². The van der Waals surface area contributed by atoms with E-state index in [1.165, 1.54) is 22.7 Å². The van der Waals surface area contributed by atoms with Gasteiger partial charge in [-0.15, -0.1) is 22.7 Å². The van der Waals surface area contributed by atoms with Gasteiger partial charge in [0.05, 0.1) is 28.8 Å². The van der Waals surface area contributed by atoms with E-state index in [1.807, 2.05) is 5.38 Å². The molecule has 0 saturated heterocycles. The van der Waals surface area contributed by atoms with Crippen molar-refractivity contribution in [1.29, 1.82) is 0 Å². The SMILES string of the molecule is Cc1sc(C)c(C(=O)NC(C)c2cscn2)c1C(=O)[O-].[Na+]. The van der Waals surface area contributed by atoms with E-state index in [4.69, 9.17) is 0 Å². The van der Waals surface area contributed by atoms with Gasteiger partial charge in [0, 0.05) is 20.7 Å². The number of carboxylic acid groups (broad SMARTS) is 1. The topological polar surface area (TPSA) is 82.1 Å². The van der Waals surface area contributed by atoms with E-state index >= 15 is 0 Å². The Morgan fingerprint density at radius 3 is 2.43 bits per heavy atom. The number of aromatic carboxylic acids is 1. The van der Waals surface area contributed by atoms with Crippen molar-refractivity contribution in [1.82, 2.24) is 10.3 Å². The van der Waals surface area contributed by atoms with Crippen LogP contribution in [0.5, 0.6) is 0 Å². The molecule has 21 heavy (non-hydrogen) atoms. The molecule has 0 fully saturated rings. The number of rotatable bonds is 4. The number of hydrogen-bond acceptors (Lipinski definition) is 6. The fourth-order valence-electron chi connectivity index (χ4n) is 1.98. The number of aryl methyl sites for hydroxylation is 2. The monoisotopic (exact) mass is 332 g/mol. The van der Waals surface area contributed by atoms with Gasteiger partial charge in [-0.2, -0.15) is 0 Å². The van der Waals surface area contributed by atoms with Gasteiger partial charge in [-0.25, -0.2) is 4.98 Å². The first-order chi connectivity index (χ1) is 9.41. The number of carbonyl (C=O) groups excluding carboxylic acids is 2. The van der Waals surface area contributed by atoms with E-state index in [-0.39, 0.29) is 46.7 Å². The van der Waals surface area contributed by atoms with Crippen LogP contribution in [0.3, 0.4) is 0 Å². The zero-order chi connectivity index (χ0) is 14.9. The summed E-state index contributed by atoms with van der Waals surface area (Å²) in [7, 11) is 0. The molecule has 0 aromatic carbocycles. The van der Waals surface area contributed by atoms with Gasteiger partial charge in [-0.05, 0) is 20.8 Å². The Balaban J connectivity index is 0.00000220. The van der Waals surface area contributed by atoms with Gasteiger partial charge in [-0.1, -0.05) is 0 Å². The summed E-state index contributed by atoms with van der Waals surface area (Å²) >= 11 is 2.72. The molecule has 0 bridgehead atoms. The number of amides is 1. The van der Waals surface area contributed by atoms with Gasteiger partial charge < -0.3 is 15.2 Å². The predicted octanol–water partition coefficient (Wildman–Crippen LogP) is -1.32. The number of hydrogen-bond donors (Lipinski definition) is 1. The van der Waals surface area contributed by atoms with Crippen molar-refractivity contribution < 1.29 is 44.3 Å². The minimum absolute atomic E-state index is 0. The Bertz CT molecular complexity index is 653. The summed E-state index contributed by atoms with van der Waals surface area (Å²) < 4.78 is 0. The molecule has 2 heterocycles. The molecule has 8 heteroatoms. The Hall–Kier alpha value is -0.730. The summed E-state index contributed by atoms with van der Waals surface area (Å²) in [5.74, 6) is -1.73. The van der Waals surface area contributed by atoms with Gasteiger partial charge in [0.15, 0.2) is 0 Å². The van der Waals surface area contributed by atoms with Crippen molar-refractivity contribution in [2.45, 2.75) is 26.8 Å². The first-order valence-corrected chi connectivity index (χ1v) is 7.68. The van der Waals surface area contributed by atoms with E-state index < -0.39 is 11.9 Å².